The van der Waals surface area contributed by atoms with Crippen molar-refractivity contribution in [3.8, 4) is 0 Å². The Labute approximate surface area is 112 Å². The first kappa shape index (κ1) is 13.6. The molecule has 3 N–H and O–H groups in total. The first-order chi connectivity index (χ1) is 9.02. The number of nitrogens with one attached hydrogen (secondary N) is 1. The SMILES string of the molecule is CCOC(=O)c1cc(NCC2CC2C)c(F)cc1N. The van der Waals surface area contributed by atoms with Crippen LogP contribution in [-0.4, -0.2) is 19.1 Å². The monoisotopic (exact) mass is 266 g/mol. The Bertz CT molecular complexity index is 491. The van der Waals surface area contributed by atoms with Gasteiger partial charge in [-0.1, -0.05) is 6.92 Å². The van der Waals surface area contributed by atoms with Crippen LogP contribution in [-0.2, 0) is 4.74 Å². The Morgan fingerprint density at radius 1 is 1.58 bits per heavy atom. The molecule has 1 saturated carbocycles. The minimum absolute atomic E-state index is 0.0984. The number of halogens is 1. The van der Waals surface area contributed by atoms with Crippen LogP contribution in [0.2, 0.25) is 0 Å². The maximum absolute atomic E-state index is 13.8. The molecule has 0 aromatic heterocycles. The van der Waals surface area contributed by atoms with Gasteiger partial charge in [-0.15, -0.1) is 0 Å². The molecule has 0 spiro atoms. The van der Waals surface area contributed by atoms with Crippen LogP contribution in [0.4, 0.5) is 15.8 Å². The largest absolute Gasteiger partial charge is 0.462 e. The third-order valence-electron chi connectivity index (χ3n) is 3.47. The van der Waals surface area contributed by atoms with Crippen LogP contribution in [0.5, 0.6) is 0 Å². The number of nitrogens with two attached hydrogens (primary N) is 1. The molecule has 19 heavy (non-hydrogen) atoms. The third-order valence-corrected chi connectivity index (χ3v) is 3.47. The van der Waals surface area contributed by atoms with Crippen LogP contribution in [0, 0.1) is 17.7 Å². The fourth-order valence-corrected chi connectivity index (χ4v) is 2.03. The van der Waals surface area contributed by atoms with Gasteiger partial charge >= 0.3 is 5.97 Å². The van der Waals surface area contributed by atoms with E-state index in [-0.39, 0.29) is 17.9 Å². The maximum Gasteiger partial charge on any atom is 0.340 e. The number of ether oxygens (including phenoxy) is 1. The molecule has 1 aliphatic rings. The van der Waals surface area contributed by atoms with Crippen molar-refractivity contribution in [3.63, 3.8) is 0 Å². The molecular formula is C14H19FN2O2. The molecule has 0 amide bonds. The van der Waals surface area contributed by atoms with Crippen molar-refractivity contribution >= 4 is 17.3 Å². The molecule has 2 unspecified atom stereocenters. The summed E-state index contributed by atoms with van der Waals surface area (Å²) in [7, 11) is 0. The van der Waals surface area contributed by atoms with Crippen LogP contribution in [0.1, 0.15) is 30.6 Å². The van der Waals surface area contributed by atoms with E-state index in [0.717, 1.165) is 12.5 Å². The molecule has 1 aliphatic carbocycles. The Balaban J connectivity index is 2.13. The minimum Gasteiger partial charge on any atom is -0.462 e. The van der Waals surface area contributed by atoms with Gasteiger partial charge in [0.15, 0.2) is 0 Å². The van der Waals surface area contributed by atoms with Crippen LogP contribution in [0.15, 0.2) is 12.1 Å². The minimum atomic E-state index is -0.525. The van der Waals surface area contributed by atoms with Crippen LogP contribution in [0.25, 0.3) is 0 Å². The highest BCUT2D eigenvalue weighted by Gasteiger charge is 2.32. The number of benzene rings is 1. The van der Waals surface area contributed by atoms with E-state index < -0.39 is 11.8 Å². The predicted octanol–water partition coefficient (Wildman–Crippen LogP) is 2.65. The van der Waals surface area contributed by atoms with Crippen molar-refractivity contribution in [2.45, 2.75) is 20.3 Å². The second-order valence-electron chi connectivity index (χ2n) is 4.99. The standard InChI is InChI=1S/C14H19FN2O2/c1-3-19-14(18)10-5-13(11(15)6-12(10)16)17-7-9-4-8(9)2/h5-6,8-9,17H,3-4,7,16H2,1-2H3. The normalized spacial score (nSPS) is 21.0. The van der Waals surface area contributed by atoms with E-state index in [1.807, 2.05) is 0 Å². The summed E-state index contributed by atoms with van der Waals surface area (Å²) in [6.45, 7) is 4.85. The lowest BCUT2D eigenvalue weighted by Gasteiger charge is -2.11. The summed E-state index contributed by atoms with van der Waals surface area (Å²) in [6.07, 6.45) is 1.16. The second-order valence-corrected chi connectivity index (χ2v) is 4.99. The number of carbonyl (C=O) groups is 1. The van der Waals surface area contributed by atoms with Gasteiger partial charge in [-0.05, 0) is 37.3 Å². The van der Waals surface area contributed by atoms with E-state index in [4.69, 9.17) is 10.5 Å². The first-order valence-corrected chi connectivity index (χ1v) is 6.53. The van der Waals surface area contributed by atoms with E-state index >= 15 is 0 Å². The summed E-state index contributed by atoms with van der Waals surface area (Å²) in [5.74, 6) is 0.304. The average molecular weight is 266 g/mol. The Morgan fingerprint density at radius 3 is 2.84 bits per heavy atom. The van der Waals surface area contributed by atoms with E-state index in [9.17, 15) is 9.18 Å². The topological polar surface area (TPSA) is 64.3 Å². The third kappa shape index (κ3) is 3.16. The molecule has 2 atom stereocenters. The highest BCUT2D eigenvalue weighted by atomic mass is 19.1. The summed E-state index contributed by atoms with van der Waals surface area (Å²) in [4.78, 5) is 11.7. The lowest BCUT2D eigenvalue weighted by atomic mass is 10.1. The molecule has 0 heterocycles. The molecule has 0 aliphatic heterocycles. The first-order valence-electron chi connectivity index (χ1n) is 6.53. The van der Waals surface area contributed by atoms with Crippen molar-refractivity contribution in [2.75, 3.05) is 24.2 Å². The lowest BCUT2D eigenvalue weighted by molar-refractivity contribution is 0.0527. The van der Waals surface area contributed by atoms with Crippen molar-refractivity contribution in [3.05, 3.63) is 23.5 Å². The zero-order chi connectivity index (χ0) is 14.0. The highest BCUT2D eigenvalue weighted by Crippen LogP contribution is 2.37. The van der Waals surface area contributed by atoms with Crippen molar-refractivity contribution in [2.24, 2.45) is 11.8 Å². The number of nitrogen functional groups attached to an aromatic ring is 1. The molecule has 1 aromatic rings. The van der Waals surface area contributed by atoms with Gasteiger partial charge in [0.05, 0.1) is 17.9 Å². The number of esters is 1. The summed E-state index contributed by atoms with van der Waals surface area (Å²) < 4.78 is 18.6. The van der Waals surface area contributed by atoms with Gasteiger partial charge in [-0.2, -0.15) is 0 Å². The van der Waals surface area contributed by atoms with Crippen molar-refractivity contribution in [1.82, 2.24) is 0 Å². The Hall–Kier alpha value is -1.78. The Morgan fingerprint density at radius 2 is 2.26 bits per heavy atom. The van der Waals surface area contributed by atoms with E-state index in [1.54, 1.807) is 6.92 Å². The van der Waals surface area contributed by atoms with Gasteiger partial charge in [-0.3, -0.25) is 0 Å². The molecule has 2 rings (SSSR count). The Kier molecular flexibility index (Phi) is 3.93. The summed E-state index contributed by atoms with van der Waals surface area (Å²) >= 11 is 0. The van der Waals surface area contributed by atoms with E-state index in [2.05, 4.69) is 12.2 Å². The average Bonchev–Trinajstić information content (AvgIpc) is 3.04. The van der Waals surface area contributed by atoms with Crippen LogP contribution < -0.4 is 11.1 Å². The van der Waals surface area contributed by atoms with E-state index in [1.165, 1.54) is 6.07 Å². The number of anilines is 2. The zero-order valence-corrected chi connectivity index (χ0v) is 11.2. The van der Waals surface area contributed by atoms with E-state index in [0.29, 0.717) is 24.1 Å². The molecular weight excluding hydrogens is 247 g/mol. The quantitative estimate of drug-likeness (QED) is 0.635. The summed E-state index contributed by atoms with van der Waals surface area (Å²) in [5.41, 5.74) is 6.25. The smallest absolute Gasteiger partial charge is 0.340 e. The van der Waals surface area contributed by atoms with Crippen LogP contribution in [0.3, 0.4) is 0 Å². The van der Waals surface area contributed by atoms with Gasteiger partial charge in [0.25, 0.3) is 0 Å². The number of hydrogen-bond acceptors (Lipinski definition) is 4. The van der Waals surface area contributed by atoms with Crippen LogP contribution >= 0.6 is 0 Å². The predicted molar refractivity (Wildman–Crippen MR) is 72.5 cm³/mol. The maximum atomic E-state index is 13.8. The molecule has 0 bridgehead atoms. The van der Waals surface area contributed by atoms with Gasteiger partial charge < -0.3 is 15.8 Å². The molecule has 0 radical (unpaired) electrons. The van der Waals surface area contributed by atoms with Crippen molar-refractivity contribution in [1.29, 1.82) is 0 Å². The molecule has 0 saturated heterocycles. The molecule has 1 fully saturated rings. The van der Waals surface area contributed by atoms with Gasteiger partial charge in [0.2, 0.25) is 0 Å². The van der Waals surface area contributed by atoms with Crippen molar-refractivity contribution < 1.29 is 13.9 Å². The summed E-state index contributed by atoms with van der Waals surface area (Å²) in [6, 6.07) is 2.58. The number of hydrogen-bond donors (Lipinski definition) is 2. The molecule has 1 aromatic carbocycles. The van der Waals surface area contributed by atoms with Gasteiger partial charge in [0, 0.05) is 12.2 Å². The molecule has 4 nitrogen and oxygen atoms in total. The lowest BCUT2D eigenvalue weighted by Crippen LogP contribution is -2.12. The number of rotatable bonds is 5. The second kappa shape index (κ2) is 5.47. The fraction of sp³-hybridized carbons (Fsp3) is 0.500. The zero-order valence-electron chi connectivity index (χ0n) is 11.2. The molecule has 5 heteroatoms. The van der Waals surface area contributed by atoms with Gasteiger partial charge in [-0.25, -0.2) is 9.18 Å². The fourth-order valence-electron chi connectivity index (χ4n) is 2.03. The highest BCUT2D eigenvalue weighted by molar-refractivity contribution is 5.96. The summed E-state index contributed by atoms with van der Waals surface area (Å²) in [5, 5.41) is 3.03. The molecule has 104 valence electrons. The van der Waals surface area contributed by atoms with Gasteiger partial charge in [0.1, 0.15) is 5.82 Å². The number of carbonyl (C=O) groups excluding carboxylic acids is 1.